The summed E-state index contributed by atoms with van der Waals surface area (Å²) in [5, 5.41) is 8.90. The van der Waals surface area contributed by atoms with Crippen molar-refractivity contribution in [2.24, 2.45) is 11.8 Å². The van der Waals surface area contributed by atoms with Crippen LogP contribution in [0.25, 0.3) is 0 Å². The lowest BCUT2D eigenvalue weighted by molar-refractivity contribution is -0.119. The Hall–Kier alpha value is -1.59. The zero-order valence-corrected chi connectivity index (χ0v) is 14.8. The Labute approximate surface area is 144 Å². The molecular weight excluding hydrogens is 314 g/mol. The molecule has 0 unspecified atom stereocenters. The minimum atomic E-state index is -0.0778. The Bertz CT molecular complexity index is 557. The van der Waals surface area contributed by atoms with E-state index >= 15 is 0 Å². The minimum Gasteiger partial charge on any atom is -0.326 e. The third-order valence-corrected chi connectivity index (χ3v) is 3.72. The van der Waals surface area contributed by atoms with Gasteiger partial charge >= 0.3 is 0 Å². The molecule has 0 atom stereocenters. The highest BCUT2D eigenvalue weighted by molar-refractivity contribution is 5.96. The van der Waals surface area contributed by atoms with Crippen LogP contribution < -0.4 is 16.0 Å². The van der Waals surface area contributed by atoms with E-state index in [4.69, 9.17) is 0 Å². The SMILES string of the molecule is Cc1ccc(NC(=O)C(C)C)cc1NC(=O)CNCC1CC1.Cl. The molecule has 1 aliphatic carbocycles. The van der Waals surface area contributed by atoms with E-state index in [2.05, 4.69) is 16.0 Å². The van der Waals surface area contributed by atoms with E-state index in [0.717, 1.165) is 23.7 Å². The third-order valence-electron chi connectivity index (χ3n) is 3.72. The van der Waals surface area contributed by atoms with Gasteiger partial charge in [0, 0.05) is 17.3 Å². The van der Waals surface area contributed by atoms with Crippen LogP contribution in [0.2, 0.25) is 0 Å². The van der Waals surface area contributed by atoms with Crippen molar-refractivity contribution in [2.45, 2.75) is 33.6 Å². The van der Waals surface area contributed by atoms with Crippen molar-refractivity contribution < 1.29 is 9.59 Å². The molecule has 128 valence electrons. The van der Waals surface area contributed by atoms with Crippen LogP contribution in [-0.4, -0.2) is 24.9 Å². The Balaban J connectivity index is 0.00000264. The second kappa shape index (κ2) is 8.89. The number of hydrogen-bond donors (Lipinski definition) is 3. The maximum absolute atomic E-state index is 11.9. The average molecular weight is 340 g/mol. The van der Waals surface area contributed by atoms with E-state index in [9.17, 15) is 9.59 Å². The quantitative estimate of drug-likeness (QED) is 0.715. The summed E-state index contributed by atoms with van der Waals surface area (Å²) in [6.07, 6.45) is 2.54. The van der Waals surface area contributed by atoms with Crippen molar-refractivity contribution in [3.8, 4) is 0 Å². The Morgan fingerprint density at radius 2 is 1.91 bits per heavy atom. The summed E-state index contributed by atoms with van der Waals surface area (Å²) in [5.41, 5.74) is 2.41. The molecule has 0 aliphatic heterocycles. The van der Waals surface area contributed by atoms with E-state index < -0.39 is 0 Å². The van der Waals surface area contributed by atoms with E-state index in [1.807, 2.05) is 32.9 Å². The van der Waals surface area contributed by atoms with Crippen molar-refractivity contribution in [3.05, 3.63) is 23.8 Å². The molecule has 0 saturated heterocycles. The Morgan fingerprint density at radius 3 is 2.52 bits per heavy atom. The summed E-state index contributed by atoms with van der Waals surface area (Å²) in [6, 6.07) is 5.54. The van der Waals surface area contributed by atoms with Crippen molar-refractivity contribution in [1.82, 2.24) is 5.32 Å². The molecule has 1 aromatic carbocycles. The molecular formula is C17H26ClN3O2. The lowest BCUT2D eigenvalue weighted by Gasteiger charge is -2.13. The second-order valence-corrected chi connectivity index (χ2v) is 6.30. The molecule has 6 heteroatoms. The van der Waals surface area contributed by atoms with Crippen molar-refractivity contribution in [3.63, 3.8) is 0 Å². The first-order chi connectivity index (χ1) is 10.5. The summed E-state index contributed by atoms with van der Waals surface area (Å²) in [7, 11) is 0. The number of rotatable bonds is 7. The summed E-state index contributed by atoms with van der Waals surface area (Å²) < 4.78 is 0. The van der Waals surface area contributed by atoms with Gasteiger partial charge in [-0.15, -0.1) is 12.4 Å². The first-order valence-electron chi connectivity index (χ1n) is 7.88. The van der Waals surface area contributed by atoms with Gasteiger partial charge in [-0.25, -0.2) is 0 Å². The molecule has 0 heterocycles. The van der Waals surface area contributed by atoms with Gasteiger partial charge in [0.1, 0.15) is 0 Å². The van der Waals surface area contributed by atoms with Crippen molar-refractivity contribution in [1.29, 1.82) is 0 Å². The van der Waals surface area contributed by atoms with Crippen LogP contribution in [-0.2, 0) is 9.59 Å². The van der Waals surface area contributed by atoms with Gasteiger partial charge < -0.3 is 16.0 Å². The smallest absolute Gasteiger partial charge is 0.238 e. The van der Waals surface area contributed by atoms with Crippen LogP contribution in [0, 0.1) is 18.8 Å². The van der Waals surface area contributed by atoms with Gasteiger partial charge in [-0.3, -0.25) is 9.59 Å². The number of nitrogens with one attached hydrogen (secondary N) is 3. The molecule has 3 N–H and O–H groups in total. The lowest BCUT2D eigenvalue weighted by atomic mass is 10.1. The second-order valence-electron chi connectivity index (χ2n) is 6.30. The molecule has 0 radical (unpaired) electrons. The van der Waals surface area contributed by atoms with Gasteiger partial charge in [0.15, 0.2) is 0 Å². The number of amides is 2. The molecule has 1 aromatic rings. The summed E-state index contributed by atoms with van der Waals surface area (Å²) in [5.74, 6) is 0.582. The topological polar surface area (TPSA) is 70.2 Å². The predicted molar refractivity (Wildman–Crippen MR) is 96.1 cm³/mol. The molecule has 0 bridgehead atoms. The number of carbonyl (C=O) groups is 2. The summed E-state index contributed by atoms with van der Waals surface area (Å²) >= 11 is 0. The number of carbonyl (C=O) groups excluding carboxylic acids is 2. The minimum absolute atomic E-state index is 0. The van der Waals surface area contributed by atoms with E-state index in [1.54, 1.807) is 6.07 Å². The summed E-state index contributed by atoms with van der Waals surface area (Å²) in [6.45, 7) is 6.85. The normalized spacial score (nSPS) is 13.4. The van der Waals surface area contributed by atoms with Crippen LogP contribution >= 0.6 is 12.4 Å². The Kier molecular flexibility index (Phi) is 7.52. The van der Waals surface area contributed by atoms with Crippen LogP contribution in [0.15, 0.2) is 18.2 Å². The highest BCUT2D eigenvalue weighted by Crippen LogP contribution is 2.27. The molecule has 5 nitrogen and oxygen atoms in total. The van der Waals surface area contributed by atoms with Crippen LogP contribution in [0.5, 0.6) is 0 Å². The van der Waals surface area contributed by atoms with E-state index in [-0.39, 0.29) is 30.1 Å². The van der Waals surface area contributed by atoms with E-state index in [0.29, 0.717) is 12.2 Å². The van der Waals surface area contributed by atoms with Gasteiger partial charge in [0.2, 0.25) is 11.8 Å². The molecule has 0 aromatic heterocycles. The highest BCUT2D eigenvalue weighted by atomic mass is 35.5. The number of anilines is 2. The maximum atomic E-state index is 11.9. The molecule has 1 aliphatic rings. The third kappa shape index (κ3) is 6.59. The van der Waals surface area contributed by atoms with Crippen LogP contribution in [0.3, 0.4) is 0 Å². The fourth-order valence-electron chi connectivity index (χ4n) is 2.03. The largest absolute Gasteiger partial charge is 0.326 e. The van der Waals surface area contributed by atoms with Gasteiger partial charge in [-0.05, 0) is 49.9 Å². The number of halogens is 1. The standard InChI is InChI=1S/C17H25N3O2.ClH/c1-11(2)17(22)19-14-7-4-12(3)15(8-14)20-16(21)10-18-9-13-5-6-13;/h4,7-8,11,13,18H,5-6,9-10H2,1-3H3,(H,19,22)(H,20,21);1H. The highest BCUT2D eigenvalue weighted by Gasteiger charge is 2.20. The maximum Gasteiger partial charge on any atom is 0.238 e. The van der Waals surface area contributed by atoms with Crippen LogP contribution in [0.1, 0.15) is 32.3 Å². The average Bonchev–Trinajstić information content (AvgIpc) is 3.26. The van der Waals surface area contributed by atoms with Gasteiger partial charge in [-0.2, -0.15) is 0 Å². The first kappa shape index (κ1) is 19.5. The number of aryl methyl sites for hydroxylation is 1. The molecule has 1 saturated carbocycles. The first-order valence-corrected chi connectivity index (χ1v) is 7.88. The zero-order chi connectivity index (χ0) is 16.1. The molecule has 2 amide bonds. The van der Waals surface area contributed by atoms with Gasteiger partial charge in [-0.1, -0.05) is 19.9 Å². The molecule has 2 rings (SSSR count). The predicted octanol–water partition coefficient (Wildman–Crippen LogP) is 2.95. The molecule has 1 fully saturated rings. The van der Waals surface area contributed by atoms with E-state index in [1.165, 1.54) is 12.8 Å². The summed E-state index contributed by atoms with van der Waals surface area (Å²) in [4.78, 5) is 23.7. The fourth-order valence-corrected chi connectivity index (χ4v) is 2.03. The zero-order valence-electron chi connectivity index (χ0n) is 13.9. The van der Waals surface area contributed by atoms with Gasteiger partial charge in [0.25, 0.3) is 0 Å². The lowest BCUT2D eigenvalue weighted by Crippen LogP contribution is -2.29. The van der Waals surface area contributed by atoms with Crippen molar-refractivity contribution in [2.75, 3.05) is 23.7 Å². The van der Waals surface area contributed by atoms with Crippen molar-refractivity contribution >= 4 is 35.6 Å². The number of benzene rings is 1. The van der Waals surface area contributed by atoms with Gasteiger partial charge in [0.05, 0.1) is 6.54 Å². The Morgan fingerprint density at radius 1 is 1.22 bits per heavy atom. The molecule has 0 spiro atoms. The van der Waals surface area contributed by atoms with Crippen LogP contribution in [0.4, 0.5) is 11.4 Å². The monoisotopic (exact) mass is 339 g/mol. The molecule has 23 heavy (non-hydrogen) atoms. The fraction of sp³-hybridized carbons (Fsp3) is 0.529. The number of hydrogen-bond acceptors (Lipinski definition) is 3.